The average Bonchev–Trinajstić information content (AvgIpc) is 3.33. The van der Waals surface area contributed by atoms with Crippen molar-refractivity contribution in [1.29, 1.82) is 0 Å². The minimum absolute atomic E-state index is 0.0603. The fraction of sp³-hybridized carbons (Fsp3) is 0.538. The number of carboxylic acids is 1. The van der Waals surface area contributed by atoms with Crippen LogP contribution in [0.2, 0.25) is 0 Å². The molecule has 0 spiro atoms. The van der Waals surface area contributed by atoms with E-state index in [1.54, 1.807) is 6.92 Å². The van der Waals surface area contributed by atoms with Crippen LogP contribution in [0.1, 0.15) is 45.6 Å². The number of hydrogen-bond donors (Lipinski definition) is 4. The number of carbonyl (C=O) groups excluding carboxylic acids is 5. The molecule has 0 radical (unpaired) electrons. The topological polar surface area (TPSA) is 171 Å². The Kier molecular flexibility index (Phi) is 11.9. The molecule has 1 saturated heterocycles. The molecule has 1 heterocycles. The van der Waals surface area contributed by atoms with Gasteiger partial charge in [0.25, 0.3) is 0 Å². The van der Waals surface area contributed by atoms with E-state index in [1.165, 1.54) is 11.8 Å². The van der Waals surface area contributed by atoms with Crippen LogP contribution in [0.5, 0.6) is 0 Å². The molecule has 12 nitrogen and oxygen atoms in total. The normalized spacial score (nSPS) is 19.1. The molecule has 0 unspecified atom stereocenters. The van der Waals surface area contributed by atoms with Crippen molar-refractivity contribution in [2.75, 3.05) is 13.1 Å². The molecule has 0 saturated carbocycles. The summed E-state index contributed by atoms with van der Waals surface area (Å²) in [7, 11) is 0. The van der Waals surface area contributed by atoms with Gasteiger partial charge in [-0.25, -0.2) is 0 Å². The van der Waals surface area contributed by atoms with Gasteiger partial charge in [-0.15, -0.1) is 0 Å². The van der Waals surface area contributed by atoms with Gasteiger partial charge in [-0.2, -0.15) is 0 Å². The Morgan fingerprint density at radius 3 is 2.42 bits per heavy atom. The van der Waals surface area contributed by atoms with Crippen molar-refractivity contribution in [2.24, 2.45) is 5.92 Å². The minimum Gasteiger partial charge on any atom is -0.481 e. The molecular formula is C26H36N4O8. The number of benzene rings is 1. The van der Waals surface area contributed by atoms with Crippen LogP contribution >= 0.6 is 0 Å². The number of hydrogen-bond acceptors (Lipinski definition) is 7. The smallest absolute Gasteiger partial charge is 0.305 e. The van der Waals surface area contributed by atoms with Gasteiger partial charge in [0.1, 0.15) is 18.4 Å². The molecule has 1 aromatic rings. The van der Waals surface area contributed by atoms with E-state index in [2.05, 4.69) is 16.0 Å². The molecule has 4 amide bonds. The van der Waals surface area contributed by atoms with Gasteiger partial charge in [0.2, 0.25) is 23.6 Å². The van der Waals surface area contributed by atoms with Crippen LogP contribution in [-0.4, -0.2) is 83.2 Å². The first-order valence-corrected chi connectivity index (χ1v) is 12.5. The molecule has 4 N–H and O–H groups in total. The molecule has 1 aliphatic rings. The second-order valence-electron chi connectivity index (χ2n) is 9.35. The summed E-state index contributed by atoms with van der Waals surface area (Å²) in [4.78, 5) is 73.9. The van der Waals surface area contributed by atoms with Crippen molar-refractivity contribution in [3.63, 3.8) is 0 Å². The number of nitrogens with zero attached hydrogens (tertiary/aromatic N) is 1. The van der Waals surface area contributed by atoms with Crippen molar-refractivity contribution in [3.05, 3.63) is 35.9 Å². The third-order valence-corrected chi connectivity index (χ3v) is 6.37. The lowest BCUT2D eigenvalue weighted by Gasteiger charge is -2.26. The lowest BCUT2D eigenvalue weighted by atomic mass is 9.98. The van der Waals surface area contributed by atoms with Gasteiger partial charge in [-0.05, 0) is 11.5 Å². The third-order valence-electron chi connectivity index (χ3n) is 6.37. The maximum atomic E-state index is 13.1. The molecule has 208 valence electrons. The van der Waals surface area contributed by atoms with Gasteiger partial charge >= 0.3 is 5.97 Å². The van der Waals surface area contributed by atoms with E-state index < -0.39 is 60.9 Å². The number of ether oxygens (including phenoxy) is 1. The van der Waals surface area contributed by atoms with Gasteiger partial charge in [0.15, 0.2) is 0 Å². The Balaban J connectivity index is 2.11. The van der Waals surface area contributed by atoms with Crippen molar-refractivity contribution in [1.82, 2.24) is 20.9 Å². The molecule has 0 bridgehead atoms. The Morgan fingerprint density at radius 1 is 1.16 bits per heavy atom. The van der Waals surface area contributed by atoms with Gasteiger partial charge in [-0.3, -0.25) is 24.0 Å². The maximum absolute atomic E-state index is 13.1. The number of aliphatic carboxylic acids is 1. The summed E-state index contributed by atoms with van der Waals surface area (Å²) in [6, 6.07) is 6.23. The van der Waals surface area contributed by atoms with E-state index in [0.29, 0.717) is 12.7 Å². The van der Waals surface area contributed by atoms with Gasteiger partial charge < -0.3 is 35.5 Å². The summed E-state index contributed by atoms with van der Waals surface area (Å²) in [5.41, 5.74) is 0.905. The largest absolute Gasteiger partial charge is 0.481 e. The van der Waals surface area contributed by atoms with Crippen LogP contribution in [0.4, 0.5) is 0 Å². The maximum Gasteiger partial charge on any atom is 0.305 e. The van der Waals surface area contributed by atoms with Crippen LogP contribution in [0, 0.1) is 5.92 Å². The predicted octanol–water partition coefficient (Wildman–Crippen LogP) is -0.00190. The highest BCUT2D eigenvalue weighted by Crippen LogP contribution is 2.22. The van der Waals surface area contributed by atoms with Crippen LogP contribution in [0.25, 0.3) is 0 Å². The lowest BCUT2D eigenvalue weighted by molar-refractivity contribution is -0.141. The number of amides is 4. The van der Waals surface area contributed by atoms with Gasteiger partial charge in [0.05, 0.1) is 31.7 Å². The molecule has 1 fully saturated rings. The highest BCUT2D eigenvalue weighted by Gasteiger charge is 2.41. The molecule has 1 aromatic carbocycles. The zero-order valence-corrected chi connectivity index (χ0v) is 21.8. The molecule has 0 aliphatic carbocycles. The van der Waals surface area contributed by atoms with Gasteiger partial charge in [0, 0.05) is 19.9 Å². The Labute approximate surface area is 221 Å². The van der Waals surface area contributed by atoms with Crippen LogP contribution in [0.15, 0.2) is 30.3 Å². The fourth-order valence-electron chi connectivity index (χ4n) is 4.13. The molecule has 38 heavy (non-hydrogen) atoms. The first-order valence-electron chi connectivity index (χ1n) is 12.5. The standard InChI is InChI=1S/C26H36N4O8/c1-4-16(2)24(28-17(3)32)26(37)27-12-22(33)30-13-20(38-15-18-8-6-5-7-9-18)11-21(30)25(36)29-19(14-31)10-23(34)35/h5-9,14,16,19-21,24H,4,10-13,15H2,1-3H3,(H,27,37)(H,28,32)(H,29,36)(H,34,35)/t16-,19-,20+,21-,24-/m0/s1. The molecule has 12 heteroatoms. The summed E-state index contributed by atoms with van der Waals surface area (Å²) < 4.78 is 5.93. The quantitative estimate of drug-likeness (QED) is 0.243. The zero-order chi connectivity index (χ0) is 28.2. The summed E-state index contributed by atoms with van der Waals surface area (Å²) >= 11 is 0. The number of carboxylic acid groups (broad SMARTS) is 1. The van der Waals surface area contributed by atoms with E-state index in [1.807, 2.05) is 37.3 Å². The van der Waals surface area contributed by atoms with E-state index in [0.717, 1.165) is 5.56 Å². The van der Waals surface area contributed by atoms with Crippen molar-refractivity contribution < 1.29 is 38.6 Å². The molecule has 2 rings (SSSR count). The summed E-state index contributed by atoms with van der Waals surface area (Å²) in [6.45, 7) is 4.86. The first kappa shape index (κ1) is 30.4. The predicted molar refractivity (Wildman–Crippen MR) is 135 cm³/mol. The first-order chi connectivity index (χ1) is 18.0. The van der Waals surface area contributed by atoms with Crippen LogP contribution in [0.3, 0.4) is 0 Å². The monoisotopic (exact) mass is 532 g/mol. The van der Waals surface area contributed by atoms with E-state index in [9.17, 15) is 28.8 Å². The van der Waals surface area contributed by atoms with Gasteiger partial charge in [-0.1, -0.05) is 50.6 Å². The summed E-state index contributed by atoms with van der Waals surface area (Å²) in [6.07, 6.45) is -0.0336. The summed E-state index contributed by atoms with van der Waals surface area (Å²) in [5, 5.41) is 16.5. The van der Waals surface area contributed by atoms with Crippen LogP contribution in [-0.2, 0) is 40.1 Å². The molecule has 5 atom stereocenters. The summed E-state index contributed by atoms with van der Waals surface area (Å²) in [5.74, 6) is -3.59. The number of nitrogens with one attached hydrogen (secondary N) is 3. The van der Waals surface area contributed by atoms with Crippen LogP contribution < -0.4 is 16.0 Å². The minimum atomic E-state index is -1.26. The number of carbonyl (C=O) groups is 6. The average molecular weight is 533 g/mol. The highest BCUT2D eigenvalue weighted by molar-refractivity contribution is 5.93. The second kappa shape index (κ2) is 14.8. The number of rotatable bonds is 14. The SMILES string of the molecule is CC[C@H](C)[C@H](NC(C)=O)C(=O)NCC(=O)N1C[C@H](OCc2ccccc2)C[C@H]1C(=O)N[C@H](C=O)CC(=O)O. The van der Waals surface area contributed by atoms with E-state index >= 15 is 0 Å². The third kappa shape index (κ3) is 9.25. The fourth-order valence-corrected chi connectivity index (χ4v) is 4.13. The Hall–Kier alpha value is -3.80. The van der Waals surface area contributed by atoms with E-state index in [-0.39, 0.29) is 31.4 Å². The number of likely N-dealkylation sites (tertiary alicyclic amines) is 1. The van der Waals surface area contributed by atoms with Crippen molar-refractivity contribution in [3.8, 4) is 0 Å². The van der Waals surface area contributed by atoms with Crippen molar-refractivity contribution in [2.45, 2.75) is 70.9 Å². The molecule has 1 aliphatic heterocycles. The molecule has 0 aromatic heterocycles. The zero-order valence-electron chi connectivity index (χ0n) is 21.8. The molecular weight excluding hydrogens is 496 g/mol. The van der Waals surface area contributed by atoms with Crippen molar-refractivity contribution >= 4 is 35.9 Å². The second-order valence-corrected chi connectivity index (χ2v) is 9.35. The van der Waals surface area contributed by atoms with E-state index in [4.69, 9.17) is 9.84 Å². The Bertz CT molecular complexity index is 1000. The lowest BCUT2D eigenvalue weighted by Crippen LogP contribution is -2.54. The highest BCUT2D eigenvalue weighted by atomic mass is 16.5. The Morgan fingerprint density at radius 2 is 1.84 bits per heavy atom. The number of aldehydes is 1.